The number of rotatable bonds is 17. The van der Waals surface area contributed by atoms with Gasteiger partial charge in [-0.3, -0.25) is 9.59 Å². The van der Waals surface area contributed by atoms with Gasteiger partial charge in [0.25, 0.3) is 11.8 Å². The second-order valence-corrected chi connectivity index (χ2v) is 11.0. The van der Waals surface area contributed by atoms with Crippen molar-refractivity contribution in [2.45, 2.75) is 78.2 Å². The molecule has 2 rings (SSSR count). The van der Waals surface area contributed by atoms with Gasteiger partial charge in [0, 0.05) is 21.5 Å². The first-order valence-corrected chi connectivity index (χ1v) is 14.9. The van der Waals surface area contributed by atoms with Gasteiger partial charge in [-0.1, -0.05) is 84.2 Å². The van der Waals surface area contributed by atoms with Crippen LogP contribution in [-0.4, -0.2) is 37.6 Å². The summed E-state index contributed by atoms with van der Waals surface area (Å²) in [5.74, 6) is 0.627. The Morgan fingerprint density at radius 1 is 0.757 bits per heavy atom. The van der Waals surface area contributed by atoms with Gasteiger partial charge < -0.3 is 20.1 Å². The maximum absolute atomic E-state index is 13.0. The number of unbranched alkanes of at least 4 members (excludes halogenated alkanes) is 6. The second-order valence-electron chi connectivity index (χ2n) is 9.18. The highest BCUT2D eigenvalue weighted by molar-refractivity contribution is 9.10. The second kappa shape index (κ2) is 17.4. The Balaban J connectivity index is 1.93. The first-order chi connectivity index (χ1) is 17.8. The van der Waals surface area contributed by atoms with Gasteiger partial charge in [0.05, 0.1) is 24.3 Å². The highest BCUT2D eigenvalue weighted by Crippen LogP contribution is 2.25. The van der Waals surface area contributed by atoms with Gasteiger partial charge in [-0.15, -0.1) is 0 Å². The molecule has 204 valence electrons. The van der Waals surface area contributed by atoms with Crippen molar-refractivity contribution in [2.24, 2.45) is 0 Å². The molecule has 0 saturated heterocycles. The van der Waals surface area contributed by atoms with E-state index in [1.54, 1.807) is 18.2 Å². The summed E-state index contributed by atoms with van der Waals surface area (Å²) in [5.41, 5.74) is 0.933. The Morgan fingerprint density at radius 2 is 1.24 bits per heavy atom. The third kappa shape index (κ3) is 11.5. The molecule has 0 aliphatic carbocycles. The first kappa shape index (κ1) is 31.2. The van der Waals surface area contributed by atoms with Gasteiger partial charge in [0.2, 0.25) is 0 Å². The number of halogens is 2. The molecule has 2 N–H and O–H groups in total. The highest BCUT2D eigenvalue weighted by atomic mass is 79.9. The summed E-state index contributed by atoms with van der Waals surface area (Å²) in [7, 11) is 0. The summed E-state index contributed by atoms with van der Waals surface area (Å²) in [6.45, 7) is 7.61. The minimum absolute atomic E-state index is 0.245. The van der Waals surface area contributed by atoms with Crippen molar-refractivity contribution >= 4 is 43.7 Å². The van der Waals surface area contributed by atoms with Crippen LogP contribution in [0.15, 0.2) is 45.3 Å². The van der Waals surface area contributed by atoms with Gasteiger partial charge in [-0.05, 0) is 56.2 Å². The van der Waals surface area contributed by atoms with Crippen LogP contribution in [0.3, 0.4) is 0 Å². The van der Waals surface area contributed by atoms with Crippen LogP contribution in [0.25, 0.3) is 0 Å². The third-order valence-corrected chi connectivity index (χ3v) is 6.82. The normalized spacial score (nSPS) is 11.6. The van der Waals surface area contributed by atoms with Crippen LogP contribution in [0.4, 0.5) is 0 Å². The Labute approximate surface area is 238 Å². The minimum Gasteiger partial charge on any atom is -0.493 e. The number of hydrogen-bond donors (Lipinski definition) is 2. The fourth-order valence-corrected chi connectivity index (χ4v) is 4.45. The highest BCUT2D eigenvalue weighted by Gasteiger charge is 2.18. The summed E-state index contributed by atoms with van der Waals surface area (Å²) in [4.78, 5) is 26.0. The molecule has 2 aromatic rings. The summed E-state index contributed by atoms with van der Waals surface area (Å²) in [6.07, 6.45) is 8.79. The summed E-state index contributed by atoms with van der Waals surface area (Å²) < 4.78 is 13.4. The van der Waals surface area contributed by atoms with Gasteiger partial charge >= 0.3 is 0 Å². The Hall–Kier alpha value is -2.06. The Morgan fingerprint density at radius 3 is 1.73 bits per heavy atom. The molecule has 0 aromatic heterocycles. The van der Waals surface area contributed by atoms with Crippen LogP contribution in [0.1, 0.15) is 92.9 Å². The maximum Gasteiger partial charge on any atom is 0.255 e. The molecule has 8 heteroatoms. The molecule has 1 atom stereocenters. The molecule has 2 amide bonds. The van der Waals surface area contributed by atoms with E-state index in [2.05, 4.69) is 56.3 Å². The summed E-state index contributed by atoms with van der Waals surface area (Å²) >= 11 is 6.88. The van der Waals surface area contributed by atoms with E-state index in [4.69, 9.17) is 9.47 Å². The van der Waals surface area contributed by atoms with Crippen molar-refractivity contribution < 1.29 is 19.1 Å². The van der Waals surface area contributed by atoms with E-state index in [0.29, 0.717) is 35.8 Å². The molecule has 6 nitrogen and oxygen atoms in total. The molecule has 0 saturated carbocycles. The molecule has 0 fully saturated rings. The predicted molar refractivity (Wildman–Crippen MR) is 157 cm³/mol. The Bertz CT molecular complexity index is 1000. The van der Waals surface area contributed by atoms with Crippen molar-refractivity contribution in [3.8, 4) is 11.5 Å². The lowest BCUT2D eigenvalue weighted by molar-refractivity contribution is 0.0907. The number of amides is 2. The van der Waals surface area contributed by atoms with E-state index >= 15 is 0 Å². The smallest absolute Gasteiger partial charge is 0.255 e. The molecule has 1 unspecified atom stereocenters. The van der Waals surface area contributed by atoms with E-state index < -0.39 is 0 Å². The molecule has 0 bridgehead atoms. The molecule has 0 spiro atoms. The van der Waals surface area contributed by atoms with Crippen LogP contribution >= 0.6 is 31.9 Å². The van der Waals surface area contributed by atoms with Crippen LogP contribution < -0.4 is 20.1 Å². The zero-order valence-electron chi connectivity index (χ0n) is 22.2. The lowest BCUT2D eigenvalue weighted by Gasteiger charge is -2.18. The molecular formula is C29H40Br2N2O4. The van der Waals surface area contributed by atoms with E-state index in [1.807, 2.05) is 25.1 Å². The van der Waals surface area contributed by atoms with E-state index in [9.17, 15) is 9.59 Å². The average Bonchev–Trinajstić information content (AvgIpc) is 2.88. The number of hydrogen-bond acceptors (Lipinski definition) is 4. The van der Waals surface area contributed by atoms with E-state index in [-0.39, 0.29) is 24.4 Å². The molecule has 0 radical (unpaired) electrons. The lowest BCUT2D eigenvalue weighted by atomic mass is 10.1. The van der Waals surface area contributed by atoms with Gasteiger partial charge in [-0.25, -0.2) is 0 Å². The first-order valence-electron chi connectivity index (χ1n) is 13.3. The van der Waals surface area contributed by atoms with Crippen molar-refractivity contribution in [3.05, 3.63) is 56.5 Å². The minimum atomic E-state index is -0.293. The van der Waals surface area contributed by atoms with E-state index in [0.717, 1.165) is 47.5 Å². The van der Waals surface area contributed by atoms with Crippen LogP contribution in [0, 0.1) is 0 Å². The number of carbonyl (C=O) groups excluding carboxylic acids is 2. The van der Waals surface area contributed by atoms with Gasteiger partial charge in [0.1, 0.15) is 11.5 Å². The fraction of sp³-hybridized carbons (Fsp3) is 0.517. The van der Waals surface area contributed by atoms with Crippen LogP contribution in [-0.2, 0) is 0 Å². The van der Waals surface area contributed by atoms with E-state index in [1.165, 1.54) is 12.8 Å². The molecule has 37 heavy (non-hydrogen) atoms. The molecule has 0 heterocycles. The lowest BCUT2D eigenvalue weighted by Crippen LogP contribution is -2.42. The standard InChI is InChI=1S/C29H40Br2N2O4/c1-4-6-8-10-16-36-26-14-12-22(30)18-24(26)28(34)32-20-21(3)33-29(35)25-19-23(31)13-15-27(25)37-17-11-9-7-5-2/h12-15,18-19,21H,4-11,16-17,20H2,1-3H3,(H,32,34)(H,33,35). The van der Waals surface area contributed by atoms with Crippen LogP contribution in [0.5, 0.6) is 11.5 Å². The molecule has 0 aliphatic rings. The van der Waals surface area contributed by atoms with Crippen molar-refractivity contribution in [1.82, 2.24) is 10.6 Å². The third-order valence-electron chi connectivity index (χ3n) is 5.83. The predicted octanol–water partition coefficient (Wildman–Crippen LogP) is 7.68. The van der Waals surface area contributed by atoms with Crippen molar-refractivity contribution in [1.29, 1.82) is 0 Å². The number of benzene rings is 2. The number of carbonyl (C=O) groups is 2. The SMILES string of the molecule is CCCCCCOc1ccc(Br)cc1C(=O)NCC(C)NC(=O)c1cc(Br)ccc1OCCCCCC. The maximum atomic E-state index is 13.0. The van der Waals surface area contributed by atoms with Gasteiger partial charge in [-0.2, -0.15) is 0 Å². The van der Waals surface area contributed by atoms with Crippen molar-refractivity contribution in [2.75, 3.05) is 19.8 Å². The summed E-state index contributed by atoms with van der Waals surface area (Å²) in [5, 5.41) is 5.88. The largest absolute Gasteiger partial charge is 0.493 e. The van der Waals surface area contributed by atoms with Gasteiger partial charge in [0.15, 0.2) is 0 Å². The monoisotopic (exact) mass is 638 g/mol. The zero-order valence-corrected chi connectivity index (χ0v) is 25.4. The number of nitrogens with one attached hydrogen (secondary N) is 2. The topological polar surface area (TPSA) is 76.7 Å². The Kier molecular flexibility index (Phi) is 14.7. The zero-order chi connectivity index (χ0) is 27.0. The molecule has 0 aliphatic heterocycles. The number of ether oxygens (including phenoxy) is 2. The summed E-state index contributed by atoms with van der Waals surface area (Å²) in [6, 6.07) is 10.6. The van der Waals surface area contributed by atoms with Crippen molar-refractivity contribution in [3.63, 3.8) is 0 Å². The van der Waals surface area contributed by atoms with Crippen LogP contribution in [0.2, 0.25) is 0 Å². The fourth-order valence-electron chi connectivity index (χ4n) is 3.73. The quantitative estimate of drug-likeness (QED) is 0.174. The molecule has 2 aromatic carbocycles. The molecular weight excluding hydrogens is 600 g/mol. The average molecular weight is 640 g/mol.